The van der Waals surface area contributed by atoms with E-state index in [-0.39, 0.29) is 0 Å². The van der Waals surface area contributed by atoms with Gasteiger partial charge < -0.3 is 9.80 Å². The Morgan fingerprint density at radius 2 is 1.04 bits per heavy atom. The number of aliphatic imine (C=N–C) groups is 2. The first-order valence-corrected chi connectivity index (χ1v) is 8.13. The number of para-hydroxylation sites is 2. The maximum absolute atomic E-state index is 4.56. The molecule has 2 rings (SSSR count). The van der Waals surface area contributed by atoms with Crippen LogP contribution in [0.25, 0.3) is 0 Å². The summed E-state index contributed by atoms with van der Waals surface area (Å²) in [6, 6.07) is 16.6. The van der Waals surface area contributed by atoms with Gasteiger partial charge in [0.05, 0.1) is 24.1 Å². The average molecular weight is 322 g/mol. The molecule has 4 heteroatoms. The molecule has 0 radical (unpaired) electrons. The summed E-state index contributed by atoms with van der Waals surface area (Å²) in [5.41, 5.74) is 4.56. The lowest BCUT2D eigenvalue weighted by molar-refractivity contribution is 0.643. The van der Waals surface area contributed by atoms with Gasteiger partial charge in [-0.25, -0.2) is 9.98 Å². The van der Waals surface area contributed by atoms with Crippen LogP contribution in [0, 0.1) is 0 Å². The Morgan fingerprint density at radius 3 is 1.42 bits per heavy atom. The summed E-state index contributed by atoms with van der Waals surface area (Å²) in [7, 11) is 7.91. The largest absolute Gasteiger partial charge is 0.369 e. The van der Waals surface area contributed by atoms with Crippen molar-refractivity contribution in [1.82, 2.24) is 9.80 Å². The van der Waals surface area contributed by atoms with Crippen LogP contribution in [0.1, 0.15) is 11.1 Å². The zero-order valence-electron chi connectivity index (χ0n) is 15.0. The highest BCUT2D eigenvalue weighted by Crippen LogP contribution is 2.24. The fraction of sp³-hybridized carbons (Fsp3) is 0.300. The van der Waals surface area contributed by atoms with Crippen molar-refractivity contribution < 1.29 is 0 Å². The van der Waals surface area contributed by atoms with E-state index < -0.39 is 0 Å². The van der Waals surface area contributed by atoms with Gasteiger partial charge in [0.25, 0.3) is 0 Å². The molecule has 2 aromatic rings. The van der Waals surface area contributed by atoms with Crippen LogP contribution >= 0.6 is 0 Å². The van der Waals surface area contributed by atoms with E-state index in [0.29, 0.717) is 0 Å². The predicted molar refractivity (Wildman–Crippen MR) is 104 cm³/mol. The van der Waals surface area contributed by atoms with Gasteiger partial charge in [-0.2, -0.15) is 0 Å². The molecule has 0 bridgehead atoms. The first-order valence-electron chi connectivity index (χ1n) is 8.13. The minimum Gasteiger partial charge on any atom is -0.369 e. The third-order valence-electron chi connectivity index (χ3n) is 3.50. The SMILES string of the molecule is CN(C)C=Nc1ccccc1CCc1ccccc1N=CN(C)C. The number of benzene rings is 2. The van der Waals surface area contributed by atoms with Gasteiger partial charge >= 0.3 is 0 Å². The van der Waals surface area contributed by atoms with Gasteiger partial charge in [0.2, 0.25) is 0 Å². The normalized spacial score (nSPS) is 11.3. The van der Waals surface area contributed by atoms with Crippen molar-refractivity contribution in [3.8, 4) is 0 Å². The molecular weight excluding hydrogens is 296 g/mol. The van der Waals surface area contributed by atoms with E-state index in [2.05, 4.69) is 46.4 Å². The van der Waals surface area contributed by atoms with E-state index in [4.69, 9.17) is 0 Å². The summed E-state index contributed by atoms with van der Waals surface area (Å²) in [5, 5.41) is 0. The molecule has 24 heavy (non-hydrogen) atoms. The molecule has 2 aromatic carbocycles. The van der Waals surface area contributed by atoms with Crippen molar-refractivity contribution in [1.29, 1.82) is 0 Å². The third-order valence-corrected chi connectivity index (χ3v) is 3.50. The summed E-state index contributed by atoms with van der Waals surface area (Å²) in [6.45, 7) is 0. The lowest BCUT2D eigenvalue weighted by Gasteiger charge is -2.09. The second kappa shape index (κ2) is 8.87. The van der Waals surface area contributed by atoms with Gasteiger partial charge in [0, 0.05) is 28.2 Å². The van der Waals surface area contributed by atoms with Crippen molar-refractivity contribution in [2.24, 2.45) is 9.98 Å². The number of aryl methyl sites for hydroxylation is 2. The Bertz CT molecular complexity index is 641. The average Bonchev–Trinajstić information content (AvgIpc) is 2.57. The smallest absolute Gasteiger partial charge is 0.0907 e. The maximum Gasteiger partial charge on any atom is 0.0907 e. The summed E-state index contributed by atoms with van der Waals surface area (Å²) in [4.78, 5) is 13.0. The Morgan fingerprint density at radius 1 is 0.667 bits per heavy atom. The van der Waals surface area contributed by atoms with E-state index in [9.17, 15) is 0 Å². The zero-order valence-corrected chi connectivity index (χ0v) is 15.0. The van der Waals surface area contributed by atoms with Crippen molar-refractivity contribution in [2.75, 3.05) is 28.2 Å². The van der Waals surface area contributed by atoms with Gasteiger partial charge in [-0.15, -0.1) is 0 Å². The van der Waals surface area contributed by atoms with Crippen LogP contribution in [-0.4, -0.2) is 50.7 Å². The van der Waals surface area contributed by atoms with Crippen molar-refractivity contribution in [3.63, 3.8) is 0 Å². The van der Waals surface area contributed by atoms with Crippen LogP contribution < -0.4 is 0 Å². The number of hydrogen-bond donors (Lipinski definition) is 0. The van der Waals surface area contributed by atoms with Gasteiger partial charge in [0.15, 0.2) is 0 Å². The summed E-state index contributed by atoms with van der Waals surface area (Å²) >= 11 is 0. The third kappa shape index (κ3) is 5.54. The highest BCUT2D eigenvalue weighted by Gasteiger charge is 2.04. The molecule has 0 aliphatic carbocycles. The summed E-state index contributed by atoms with van der Waals surface area (Å²) in [5.74, 6) is 0. The molecule has 0 N–H and O–H groups in total. The Hall–Kier alpha value is -2.62. The van der Waals surface area contributed by atoms with Gasteiger partial charge in [-0.3, -0.25) is 0 Å². The van der Waals surface area contributed by atoms with E-state index >= 15 is 0 Å². The van der Waals surface area contributed by atoms with Gasteiger partial charge in [-0.1, -0.05) is 36.4 Å². The second-order valence-electron chi connectivity index (χ2n) is 6.17. The molecule has 0 aliphatic rings. The first-order chi connectivity index (χ1) is 11.6. The number of rotatable bonds is 7. The van der Waals surface area contributed by atoms with Gasteiger partial charge in [-0.05, 0) is 36.1 Å². The molecule has 0 heterocycles. The summed E-state index contributed by atoms with van der Waals surface area (Å²) < 4.78 is 0. The fourth-order valence-electron chi connectivity index (χ4n) is 2.32. The molecule has 0 spiro atoms. The lowest BCUT2D eigenvalue weighted by Crippen LogP contribution is -2.07. The van der Waals surface area contributed by atoms with Crippen LogP contribution in [0.5, 0.6) is 0 Å². The van der Waals surface area contributed by atoms with Crippen LogP contribution in [0.3, 0.4) is 0 Å². The minimum atomic E-state index is 0.940. The summed E-state index contributed by atoms with van der Waals surface area (Å²) in [6.07, 6.45) is 5.56. The van der Waals surface area contributed by atoms with Crippen molar-refractivity contribution in [3.05, 3.63) is 59.7 Å². The van der Waals surface area contributed by atoms with E-state index in [1.54, 1.807) is 0 Å². The molecule has 0 amide bonds. The molecule has 4 nitrogen and oxygen atoms in total. The van der Waals surface area contributed by atoms with Crippen LogP contribution in [0.2, 0.25) is 0 Å². The highest BCUT2D eigenvalue weighted by molar-refractivity contribution is 5.64. The Labute approximate surface area is 145 Å². The molecule has 126 valence electrons. The molecule has 0 unspecified atom stereocenters. The van der Waals surface area contributed by atoms with E-state index in [1.807, 2.05) is 62.8 Å². The van der Waals surface area contributed by atoms with Crippen molar-refractivity contribution >= 4 is 24.1 Å². The monoisotopic (exact) mass is 322 g/mol. The molecule has 0 fully saturated rings. The number of nitrogens with zero attached hydrogens (tertiary/aromatic N) is 4. The van der Waals surface area contributed by atoms with E-state index in [1.165, 1.54) is 11.1 Å². The topological polar surface area (TPSA) is 31.2 Å². The second-order valence-corrected chi connectivity index (χ2v) is 6.17. The standard InChI is InChI=1S/C20H26N4/c1-23(2)15-21-19-11-7-5-9-17(19)13-14-18-10-6-8-12-20(18)22-16-24(3)4/h5-12,15-16H,13-14H2,1-4H3. The highest BCUT2D eigenvalue weighted by atomic mass is 15.1. The van der Waals surface area contributed by atoms with Crippen LogP contribution in [-0.2, 0) is 12.8 Å². The molecule has 0 aliphatic heterocycles. The Balaban J connectivity index is 2.15. The van der Waals surface area contributed by atoms with Crippen LogP contribution in [0.4, 0.5) is 11.4 Å². The molecule has 0 atom stereocenters. The Kier molecular flexibility index (Phi) is 6.55. The molecular formula is C20H26N4. The van der Waals surface area contributed by atoms with Gasteiger partial charge in [0.1, 0.15) is 0 Å². The van der Waals surface area contributed by atoms with Crippen molar-refractivity contribution in [2.45, 2.75) is 12.8 Å². The lowest BCUT2D eigenvalue weighted by atomic mass is 10.0. The number of hydrogen-bond acceptors (Lipinski definition) is 2. The minimum absolute atomic E-state index is 0.940. The van der Waals surface area contributed by atoms with Crippen LogP contribution in [0.15, 0.2) is 58.5 Å². The fourth-order valence-corrected chi connectivity index (χ4v) is 2.32. The van der Waals surface area contributed by atoms with E-state index in [0.717, 1.165) is 24.2 Å². The quantitative estimate of drug-likeness (QED) is 0.571. The maximum atomic E-state index is 4.56. The molecule has 0 saturated carbocycles. The predicted octanol–water partition coefficient (Wildman–Crippen LogP) is 3.91. The molecule has 0 saturated heterocycles. The first kappa shape index (κ1) is 17.7. The molecule has 0 aromatic heterocycles. The zero-order chi connectivity index (χ0) is 17.4.